The number of Topliss-reactive ketones (excluding diaryl/α,β-unsaturated/α-hetero) is 1. The summed E-state index contributed by atoms with van der Waals surface area (Å²) in [4.78, 5) is 22.0. The van der Waals surface area contributed by atoms with E-state index >= 15 is 0 Å². The fourth-order valence-corrected chi connectivity index (χ4v) is 0.855. The lowest BCUT2D eigenvalue weighted by Gasteiger charge is -2.15. The Bertz CT molecular complexity index is 159. The van der Waals surface area contributed by atoms with Gasteiger partial charge in [-0.3, -0.25) is 9.59 Å². The van der Waals surface area contributed by atoms with Crippen LogP contribution in [0.15, 0.2) is 0 Å². The summed E-state index contributed by atoms with van der Waals surface area (Å²) in [7, 11) is 1.30. The number of hydrogen-bond acceptors (Lipinski definition) is 4. The molecule has 0 saturated heterocycles. The van der Waals surface area contributed by atoms with E-state index in [0.29, 0.717) is 0 Å². The second kappa shape index (κ2) is 4.87. The maximum absolute atomic E-state index is 11.0. The van der Waals surface area contributed by atoms with Gasteiger partial charge in [0.05, 0.1) is 19.6 Å². The van der Waals surface area contributed by atoms with Crippen molar-refractivity contribution < 1.29 is 14.3 Å². The molecule has 4 heteroatoms. The van der Waals surface area contributed by atoms with Gasteiger partial charge in [-0.1, -0.05) is 13.8 Å². The van der Waals surface area contributed by atoms with Crippen LogP contribution in [0.5, 0.6) is 0 Å². The van der Waals surface area contributed by atoms with E-state index in [9.17, 15) is 9.59 Å². The molecule has 12 heavy (non-hydrogen) atoms. The average molecular weight is 173 g/mol. The van der Waals surface area contributed by atoms with Gasteiger partial charge in [0, 0.05) is 5.92 Å². The van der Waals surface area contributed by atoms with Crippen LogP contribution in [0.3, 0.4) is 0 Å². The Morgan fingerprint density at radius 2 is 1.83 bits per heavy atom. The van der Waals surface area contributed by atoms with Crippen LogP contribution >= 0.6 is 0 Å². The van der Waals surface area contributed by atoms with Gasteiger partial charge in [0.25, 0.3) is 0 Å². The summed E-state index contributed by atoms with van der Waals surface area (Å²) >= 11 is 0. The van der Waals surface area contributed by atoms with E-state index in [4.69, 9.17) is 5.73 Å². The van der Waals surface area contributed by atoms with Crippen LogP contribution in [0.4, 0.5) is 0 Å². The van der Waals surface area contributed by atoms with Gasteiger partial charge in [0.1, 0.15) is 5.78 Å². The molecule has 0 fully saturated rings. The predicted octanol–water partition coefficient (Wildman–Crippen LogP) is -0.0406. The number of ketones is 1. The summed E-state index contributed by atoms with van der Waals surface area (Å²) in [6.07, 6.45) is 0. The molecule has 2 N–H and O–H groups in total. The van der Waals surface area contributed by atoms with Gasteiger partial charge in [-0.2, -0.15) is 0 Å². The van der Waals surface area contributed by atoms with E-state index in [2.05, 4.69) is 4.74 Å². The zero-order valence-electron chi connectivity index (χ0n) is 7.66. The van der Waals surface area contributed by atoms with Crippen molar-refractivity contribution in [3.05, 3.63) is 0 Å². The van der Waals surface area contributed by atoms with Gasteiger partial charge in [-0.05, 0) is 0 Å². The molecule has 0 saturated carbocycles. The van der Waals surface area contributed by atoms with Gasteiger partial charge in [0.15, 0.2) is 0 Å². The van der Waals surface area contributed by atoms with E-state index in [1.807, 2.05) is 0 Å². The molecule has 0 rings (SSSR count). The van der Waals surface area contributed by atoms with E-state index in [0.717, 1.165) is 0 Å². The zero-order chi connectivity index (χ0) is 9.72. The highest BCUT2D eigenvalue weighted by Gasteiger charge is 2.25. The number of esters is 1. The van der Waals surface area contributed by atoms with Crippen molar-refractivity contribution in [2.45, 2.75) is 13.8 Å². The average Bonchev–Trinajstić information content (AvgIpc) is 2.12. The summed E-state index contributed by atoms with van der Waals surface area (Å²) in [6.45, 7) is 3.31. The van der Waals surface area contributed by atoms with Crippen molar-refractivity contribution in [1.29, 1.82) is 0 Å². The molecule has 2 unspecified atom stereocenters. The number of methoxy groups -OCH3 is 1. The quantitative estimate of drug-likeness (QED) is 0.605. The van der Waals surface area contributed by atoms with E-state index in [1.165, 1.54) is 7.11 Å². The number of carbonyl (C=O) groups is 2. The number of hydrogen-bond donors (Lipinski definition) is 1. The van der Waals surface area contributed by atoms with Crippen LogP contribution in [-0.2, 0) is 14.3 Å². The number of rotatable bonds is 4. The first kappa shape index (κ1) is 11.1. The number of nitrogens with two attached hydrogens (primary N) is 1. The monoisotopic (exact) mass is 173 g/mol. The normalized spacial score (nSPS) is 15.0. The summed E-state index contributed by atoms with van der Waals surface area (Å²) in [5.41, 5.74) is 5.15. The first-order valence-electron chi connectivity index (χ1n) is 3.85. The maximum Gasteiger partial charge on any atom is 0.309 e. The van der Waals surface area contributed by atoms with Gasteiger partial charge < -0.3 is 10.5 Å². The van der Waals surface area contributed by atoms with E-state index in [1.54, 1.807) is 13.8 Å². The third-order valence-electron chi connectivity index (χ3n) is 2.03. The highest BCUT2D eigenvalue weighted by atomic mass is 16.5. The van der Waals surface area contributed by atoms with Crippen molar-refractivity contribution in [1.82, 2.24) is 0 Å². The molecule has 0 aliphatic heterocycles. The summed E-state index contributed by atoms with van der Waals surface area (Å²) in [5, 5.41) is 0. The second-order valence-electron chi connectivity index (χ2n) is 2.77. The third-order valence-corrected chi connectivity index (χ3v) is 2.03. The fourth-order valence-electron chi connectivity index (χ4n) is 0.855. The van der Waals surface area contributed by atoms with Crippen molar-refractivity contribution in [3.8, 4) is 0 Å². The molecular weight excluding hydrogens is 158 g/mol. The van der Waals surface area contributed by atoms with E-state index in [-0.39, 0.29) is 24.2 Å². The molecule has 0 spiro atoms. The summed E-state index contributed by atoms with van der Waals surface area (Å²) in [6, 6.07) is 0. The van der Waals surface area contributed by atoms with Crippen molar-refractivity contribution in [3.63, 3.8) is 0 Å². The van der Waals surface area contributed by atoms with Crippen molar-refractivity contribution >= 4 is 11.8 Å². The molecular formula is C8H15NO3. The molecule has 0 aliphatic carbocycles. The first-order valence-corrected chi connectivity index (χ1v) is 3.85. The van der Waals surface area contributed by atoms with Gasteiger partial charge in [0.2, 0.25) is 0 Å². The number of carbonyl (C=O) groups excluding carboxylic acids is 2. The molecule has 0 aromatic rings. The Morgan fingerprint density at radius 1 is 1.33 bits per heavy atom. The molecule has 0 bridgehead atoms. The lowest BCUT2D eigenvalue weighted by molar-refractivity contribution is -0.148. The SMILES string of the molecule is COC(=O)C(C)C(C)C(=O)CN. The smallest absolute Gasteiger partial charge is 0.309 e. The molecule has 0 heterocycles. The topological polar surface area (TPSA) is 69.4 Å². The minimum atomic E-state index is -0.411. The highest BCUT2D eigenvalue weighted by Crippen LogP contribution is 2.12. The second-order valence-corrected chi connectivity index (χ2v) is 2.77. The van der Waals surface area contributed by atoms with Crippen LogP contribution in [0.2, 0.25) is 0 Å². The number of ether oxygens (including phenoxy) is 1. The molecule has 0 aromatic carbocycles. The Morgan fingerprint density at radius 3 is 2.17 bits per heavy atom. The highest BCUT2D eigenvalue weighted by molar-refractivity contribution is 5.87. The Hall–Kier alpha value is -0.900. The van der Waals surface area contributed by atoms with Crippen LogP contribution in [0.25, 0.3) is 0 Å². The third kappa shape index (κ3) is 2.62. The summed E-state index contributed by atoms with van der Waals surface area (Å²) in [5.74, 6) is -1.26. The first-order chi connectivity index (χ1) is 5.54. The standard InChI is InChI=1S/C8H15NO3/c1-5(7(10)4-9)6(2)8(11)12-3/h5-6H,4,9H2,1-3H3. The van der Waals surface area contributed by atoms with E-state index < -0.39 is 5.92 Å². The lowest BCUT2D eigenvalue weighted by Crippen LogP contribution is -2.30. The van der Waals surface area contributed by atoms with Crippen LogP contribution < -0.4 is 5.73 Å². The van der Waals surface area contributed by atoms with Gasteiger partial charge in [-0.25, -0.2) is 0 Å². The van der Waals surface area contributed by atoms with Crippen molar-refractivity contribution in [2.75, 3.05) is 13.7 Å². The summed E-state index contributed by atoms with van der Waals surface area (Å²) < 4.78 is 4.50. The Balaban J connectivity index is 4.18. The molecule has 0 amide bonds. The molecule has 0 radical (unpaired) electrons. The minimum absolute atomic E-state index is 0.0253. The lowest BCUT2D eigenvalue weighted by atomic mass is 9.92. The Labute approximate surface area is 72.1 Å². The maximum atomic E-state index is 11.0. The Kier molecular flexibility index (Phi) is 4.51. The fraction of sp³-hybridized carbons (Fsp3) is 0.750. The van der Waals surface area contributed by atoms with Gasteiger partial charge in [-0.15, -0.1) is 0 Å². The van der Waals surface area contributed by atoms with Crippen LogP contribution in [0.1, 0.15) is 13.8 Å². The molecule has 0 aliphatic rings. The molecule has 70 valence electrons. The minimum Gasteiger partial charge on any atom is -0.469 e. The molecule has 4 nitrogen and oxygen atoms in total. The molecule has 0 aromatic heterocycles. The van der Waals surface area contributed by atoms with Crippen LogP contribution in [0, 0.1) is 11.8 Å². The van der Waals surface area contributed by atoms with Gasteiger partial charge >= 0.3 is 5.97 Å². The predicted molar refractivity (Wildman–Crippen MR) is 44.4 cm³/mol. The molecule has 2 atom stereocenters. The van der Waals surface area contributed by atoms with Crippen molar-refractivity contribution in [2.24, 2.45) is 17.6 Å². The largest absolute Gasteiger partial charge is 0.469 e. The van der Waals surface area contributed by atoms with Crippen LogP contribution in [-0.4, -0.2) is 25.4 Å². The zero-order valence-corrected chi connectivity index (χ0v) is 7.66.